The lowest BCUT2D eigenvalue weighted by molar-refractivity contribution is 0.0373. The van der Waals surface area contributed by atoms with Gasteiger partial charge in [0.05, 0.1) is 22.3 Å². The van der Waals surface area contributed by atoms with Crippen molar-refractivity contribution in [3.8, 4) is 0 Å². The molecule has 0 saturated heterocycles. The maximum atomic E-state index is 12.6. The number of cyclic esters (lactones) is 4. The summed E-state index contributed by atoms with van der Waals surface area (Å²) < 4.78 is 9.72. The largest absolute Gasteiger partial charge is 0.386 e. The molecule has 5 aromatic rings. The van der Waals surface area contributed by atoms with Crippen LogP contribution in [0.15, 0.2) is 24.3 Å². The molecule has 10 heteroatoms. The lowest BCUT2D eigenvalue weighted by Gasteiger charge is -2.25. The molecule has 2 aliphatic heterocycles. The Morgan fingerprint density at radius 1 is 0.382 bits per heavy atom. The van der Waals surface area contributed by atoms with Crippen LogP contribution in [0.2, 0.25) is 20.1 Å². The minimum Gasteiger partial charge on any atom is -0.386 e. The van der Waals surface area contributed by atoms with Gasteiger partial charge < -0.3 is 9.47 Å². The minimum absolute atomic E-state index is 0.0938. The van der Waals surface area contributed by atoms with Gasteiger partial charge in [0.1, 0.15) is 0 Å². The van der Waals surface area contributed by atoms with Gasteiger partial charge in [-0.25, -0.2) is 19.2 Å². The molecule has 6 nitrogen and oxygen atoms in total. The van der Waals surface area contributed by atoms with Crippen LogP contribution in [-0.2, 0) is 9.47 Å². The van der Waals surface area contributed by atoms with Gasteiger partial charge >= 0.3 is 23.9 Å². The van der Waals surface area contributed by atoms with Crippen molar-refractivity contribution < 1.29 is 28.7 Å². The summed E-state index contributed by atoms with van der Waals surface area (Å²) in [5, 5.41) is 3.54. The van der Waals surface area contributed by atoms with E-state index >= 15 is 0 Å². The molecule has 0 radical (unpaired) electrons. The summed E-state index contributed by atoms with van der Waals surface area (Å²) in [6.07, 6.45) is 0. The normalized spacial score (nSPS) is 15.2. The van der Waals surface area contributed by atoms with Gasteiger partial charge in [-0.05, 0) is 24.3 Å². The van der Waals surface area contributed by atoms with E-state index in [4.69, 9.17) is 55.9 Å². The fraction of sp³-hybridized carbons (Fsp3) is 0. The Hall–Kier alpha value is -3.16. The molecular weight excluding hydrogens is 526 g/mol. The van der Waals surface area contributed by atoms with E-state index in [0.717, 1.165) is 0 Å². The Labute approximate surface area is 208 Å². The number of hydrogen-bond donors (Lipinski definition) is 0. The first kappa shape index (κ1) is 20.2. The molecule has 0 N–H and O–H groups in total. The minimum atomic E-state index is -0.846. The maximum Gasteiger partial charge on any atom is 0.346 e. The molecule has 0 unspecified atom stereocenters. The van der Waals surface area contributed by atoms with Gasteiger partial charge in [-0.3, -0.25) is 0 Å². The van der Waals surface area contributed by atoms with Crippen molar-refractivity contribution in [3.05, 3.63) is 66.6 Å². The van der Waals surface area contributed by atoms with Gasteiger partial charge in [-0.2, -0.15) is 0 Å². The summed E-state index contributed by atoms with van der Waals surface area (Å²) in [7, 11) is 0. The number of rotatable bonds is 0. The average Bonchev–Trinajstić information content (AvgIpc) is 2.77. The van der Waals surface area contributed by atoms with E-state index in [0.29, 0.717) is 43.1 Å². The monoisotopic (exact) mass is 528 g/mol. The Morgan fingerprint density at radius 3 is 0.853 bits per heavy atom. The number of ether oxygens (including phenoxy) is 2. The lowest BCUT2D eigenvalue weighted by Crippen LogP contribution is -2.21. The highest BCUT2D eigenvalue weighted by atomic mass is 35.5. The Kier molecular flexibility index (Phi) is 3.74. The number of fused-ring (bicyclic) bond motifs is 2. The lowest BCUT2D eigenvalue weighted by atomic mass is 9.83. The van der Waals surface area contributed by atoms with E-state index in [1.807, 2.05) is 0 Å². The van der Waals surface area contributed by atoms with Crippen LogP contribution in [0, 0.1) is 0 Å². The molecule has 2 aliphatic rings. The van der Waals surface area contributed by atoms with Gasteiger partial charge in [-0.1, -0.05) is 46.4 Å². The Morgan fingerprint density at radius 2 is 0.618 bits per heavy atom. The van der Waals surface area contributed by atoms with Crippen LogP contribution in [-0.4, -0.2) is 23.9 Å². The SMILES string of the molecule is O=C1OC(=O)c2cc(Cl)c3c4c(Cl)cc5c6c(cc(Cl)c(c7c(Cl)cc1c2c73)c64)C(=O)OC5=O. The first-order valence-electron chi connectivity index (χ1n) is 9.70. The van der Waals surface area contributed by atoms with Crippen LogP contribution in [0.5, 0.6) is 0 Å². The van der Waals surface area contributed by atoms with Crippen molar-refractivity contribution in [1.29, 1.82) is 0 Å². The van der Waals surface area contributed by atoms with Gasteiger partial charge in [-0.15, -0.1) is 0 Å². The third-order valence-electron chi connectivity index (χ3n) is 6.37. The van der Waals surface area contributed by atoms with Crippen molar-refractivity contribution in [2.75, 3.05) is 0 Å². The number of hydrogen-bond acceptors (Lipinski definition) is 6. The van der Waals surface area contributed by atoms with Crippen molar-refractivity contribution in [2.24, 2.45) is 0 Å². The highest BCUT2D eigenvalue weighted by Crippen LogP contribution is 2.53. The Balaban J connectivity index is 1.93. The molecule has 0 spiro atoms. The number of carbonyl (C=O) groups is 4. The zero-order valence-corrected chi connectivity index (χ0v) is 19.3. The third-order valence-corrected chi connectivity index (χ3v) is 7.56. The summed E-state index contributed by atoms with van der Waals surface area (Å²) >= 11 is 26.7. The van der Waals surface area contributed by atoms with Crippen LogP contribution in [0.25, 0.3) is 43.1 Å². The van der Waals surface area contributed by atoms with E-state index in [-0.39, 0.29) is 42.3 Å². The smallest absolute Gasteiger partial charge is 0.346 e. The molecule has 0 aromatic heterocycles. The van der Waals surface area contributed by atoms with Crippen molar-refractivity contribution in [3.63, 3.8) is 0 Å². The van der Waals surface area contributed by atoms with E-state index in [9.17, 15) is 19.2 Å². The van der Waals surface area contributed by atoms with Crippen LogP contribution in [0.3, 0.4) is 0 Å². The Bertz CT molecular complexity index is 1660. The molecular formula is C24H4Cl4O6. The molecule has 2 heterocycles. The highest BCUT2D eigenvalue weighted by Gasteiger charge is 2.36. The highest BCUT2D eigenvalue weighted by molar-refractivity contribution is 6.55. The summed E-state index contributed by atoms with van der Waals surface area (Å²) in [6.45, 7) is 0. The van der Waals surface area contributed by atoms with Gasteiger partial charge in [0.2, 0.25) is 0 Å². The molecule has 0 fully saturated rings. The number of esters is 4. The summed E-state index contributed by atoms with van der Waals surface area (Å²) in [5.41, 5.74) is 0.375. The molecule has 0 saturated carbocycles. The van der Waals surface area contributed by atoms with Crippen LogP contribution in [0.4, 0.5) is 0 Å². The molecule has 164 valence electrons. The third kappa shape index (κ3) is 2.20. The number of carbonyl (C=O) groups excluding carboxylic acids is 4. The first-order chi connectivity index (χ1) is 16.2. The first-order valence-corrected chi connectivity index (χ1v) is 11.2. The summed E-state index contributed by atoms with van der Waals surface area (Å²) in [5.74, 6) is -3.39. The summed E-state index contributed by atoms with van der Waals surface area (Å²) in [6, 6.07) is 5.58. The van der Waals surface area contributed by atoms with Crippen molar-refractivity contribution >= 4 is 113 Å². The van der Waals surface area contributed by atoms with Crippen molar-refractivity contribution in [1.82, 2.24) is 0 Å². The van der Waals surface area contributed by atoms with Crippen molar-refractivity contribution in [2.45, 2.75) is 0 Å². The predicted octanol–water partition coefficient (Wildman–Crippen LogP) is 6.97. The topological polar surface area (TPSA) is 86.7 Å². The number of halogens is 4. The molecule has 34 heavy (non-hydrogen) atoms. The molecule has 0 amide bonds. The molecule has 5 aromatic carbocycles. The quantitative estimate of drug-likeness (QED) is 0.0931. The predicted molar refractivity (Wildman–Crippen MR) is 127 cm³/mol. The van der Waals surface area contributed by atoms with Gasteiger partial charge in [0.25, 0.3) is 0 Å². The van der Waals surface area contributed by atoms with Gasteiger partial charge in [0.15, 0.2) is 0 Å². The molecule has 0 atom stereocenters. The average molecular weight is 530 g/mol. The van der Waals surface area contributed by atoms with Crippen LogP contribution in [0.1, 0.15) is 41.4 Å². The molecule has 0 bridgehead atoms. The van der Waals surface area contributed by atoms with E-state index in [1.165, 1.54) is 24.3 Å². The number of benzene rings is 5. The maximum absolute atomic E-state index is 12.6. The second kappa shape index (κ2) is 6.29. The fourth-order valence-corrected chi connectivity index (χ4v) is 6.34. The molecule has 7 rings (SSSR count). The second-order valence-corrected chi connectivity index (χ2v) is 9.61. The summed E-state index contributed by atoms with van der Waals surface area (Å²) in [4.78, 5) is 50.2. The van der Waals surface area contributed by atoms with E-state index in [2.05, 4.69) is 0 Å². The zero-order chi connectivity index (χ0) is 23.8. The standard InChI is InChI=1S/C24H4Cl4O6/c25-9-1-5-13-6(22(30)33-21(5)29)2-11(27)17-18-12(28)4-8-14-7(23(31)34-24(8)32)3-10(26)16(20(14)18)15(9)19(13)17/h1-4H. The van der Waals surface area contributed by atoms with Crippen LogP contribution >= 0.6 is 46.4 Å². The van der Waals surface area contributed by atoms with E-state index in [1.54, 1.807) is 0 Å². The zero-order valence-electron chi connectivity index (χ0n) is 16.3. The molecule has 0 aliphatic carbocycles. The van der Waals surface area contributed by atoms with Crippen LogP contribution < -0.4 is 0 Å². The van der Waals surface area contributed by atoms with Gasteiger partial charge in [0, 0.05) is 63.2 Å². The fourth-order valence-electron chi connectivity index (χ4n) is 5.15. The van der Waals surface area contributed by atoms with E-state index < -0.39 is 23.9 Å². The second-order valence-electron chi connectivity index (χ2n) is 7.98.